The topological polar surface area (TPSA) is 119 Å². The zero-order valence-electron chi connectivity index (χ0n) is 14.2. The van der Waals surface area contributed by atoms with Crippen molar-refractivity contribution >= 4 is 17.0 Å². The summed E-state index contributed by atoms with van der Waals surface area (Å²) in [7, 11) is 0. The molecule has 0 unspecified atom stereocenters. The number of fused-ring (bicyclic) bond motifs is 1. The minimum absolute atomic E-state index is 0.235. The van der Waals surface area contributed by atoms with E-state index in [2.05, 4.69) is 27.1 Å². The number of anilines is 1. The van der Waals surface area contributed by atoms with Gasteiger partial charge in [0, 0.05) is 12.8 Å². The lowest BCUT2D eigenvalue weighted by Gasteiger charge is -2.16. The predicted molar refractivity (Wildman–Crippen MR) is 95.2 cm³/mol. The van der Waals surface area contributed by atoms with Gasteiger partial charge in [0.15, 0.2) is 17.0 Å². The maximum Gasteiger partial charge on any atom is 0.167 e. The van der Waals surface area contributed by atoms with Gasteiger partial charge in [-0.1, -0.05) is 30.3 Å². The number of nitrogens with zero attached hydrogens (tertiary/aromatic N) is 4. The Bertz CT molecular complexity index is 898. The third-order valence-electron chi connectivity index (χ3n) is 4.73. The van der Waals surface area contributed by atoms with E-state index in [0.29, 0.717) is 29.8 Å². The maximum absolute atomic E-state index is 10.1. The van der Waals surface area contributed by atoms with Crippen LogP contribution in [0.5, 0.6) is 0 Å². The van der Waals surface area contributed by atoms with Gasteiger partial charge in [-0.05, 0) is 12.0 Å². The molecule has 3 aromatic rings. The summed E-state index contributed by atoms with van der Waals surface area (Å²) in [5.41, 5.74) is 8.28. The SMILES string of the molecule is Nc1ncnc2c1nc(CCc1ccccc1)n2[C@H]1C[C@H](O)[C@@H](CO)O1. The fourth-order valence-electron chi connectivity index (χ4n) is 3.39. The number of rotatable bonds is 5. The quantitative estimate of drug-likeness (QED) is 0.620. The molecule has 3 atom stereocenters. The van der Waals surface area contributed by atoms with Crippen LogP contribution in [0.25, 0.3) is 11.2 Å². The smallest absolute Gasteiger partial charge is 0.167 e. The molecule has 3 heterocycles. The van der Waals surface area contributed by atoms with Gasteiger partial charge >= 0.3 is 0 Å². The first-order valence-electron chi connectivity index (χ1n) is 8.63. The van der Waals surface area contributed by atoms with Crippen molar-refractivity contribution in [2.75, 3.05) is 12.3 Å². The Morgan fingerprint density at radius 1 is 1.19 bits per heavy atom. The molecule has 0 radical (unpaired) electrons. The maximum atomic E-state index is 10.1. The number of benzene rings is 1. The van der Waals surface area contributed by atoms with E-state index in [1.54, 1.807) is 0 Å². The molecule has 0 saturated carbocycles. The van der Waals surface area contributed by atoms with Crippen LogP contribution in [0.1, 0.15) is 24.0 Å². The number of imidazole rings is 1. The third kappa shape index (κ3) is 3.03. The van der Waals surface area contributed by atoms with E-state index in [-0.39, 0.29) is 6.61 Å². The van der Waals surface area contributed by atoms with Crippen molar-refractivity contribution in [2.24, 2.45) is 0 Å². The van der Waals surface area contributed by atoms with Crippen LogP contribution in [0.3, 0.4) is 0 Å². The highest BCUT2D eigenvalue weighted by Gasteiger charge is 2.36. The molecule has 1 aliphatic heterocycles. The molecule has 0 bridgehead atoms. The first kappa shape index (κ1) is 16.9. The molecular weight excluding hydrogens is 334 g/mol. The second-order valence-electron chi connectivity index (χ2n) is 6.43. The highest BCUT2D eigenvalue weighted by Crippen LogP contribution is 2.33. The van der Waals surface area contributed by atoms with Crippen molar-refractivity contribution in [3.8, 4) is 0 Å². The molecule has 0 amide bonds. The lowest BCUT2D eigenvalue weighted by atomic mass is 10.1. The molecule has 1 aromatic carbocycles. The summed E-state index contributed by atoms with van der Waals surface area (Å²) in [6.45, 7) is -0.235. The van der Waals surface area contributed by atoms with Crippen LogP contribution in [0.15, 0.2) is 36.7 Å². The lowest BCUT2D eigenvalue weighted by molar-refractivity contribution is -0.0440. The number of hydrogen-bond acceptors (Lipinski definition) is 7. The molecule has 0 aliphatic carbocycles. The van der Waals surface area contributed by atoms with Crippen LogP contribution >= 0.6 is 0 Å². The van der Waals surface area contributed by atoms with E-state index in [4.69, 9.17) is 10.5 Å². The number of ether oxygens (including phenoxy) is 1. The normalized spacial score (nSPS) is 22.9. The van der Waals surface area contributed by atoms with Gasteiger partial charge in [-0.2, -0.15) is 0 Å². The summed E-state index contributed by atoms with van der Waals surface area (Å²) in [5, 5.41) is 19.5. The van der Waals surface area contributed by atoms with Crippen LogP contribution < -0.4 is 5.73 Å². The van der Waals surface area contributed by atoms with Crippen molar-refractivity contribution in [1.29, 1.82) is 0 Å². The average molecular weight is 355 g/mol. The molecule has 0 spiro atoms. The number of nitrogen functional groups attached to an aromatic ring is 1. The summed E-state index contributed by atoms with van der Waals surface area (Å²) in [4.78, 5) is 13.0. The highest BCUT2D eigenvalue weighted by atomic mass is 16.5. The summed E-state index contributed by atoms with van der Waals surface area (Å²) in [6.07, 6.45) is 1.43. The molecule has 8 heteroatoms. The average Bonchev–Trinajstić information content (AvgIpc) is 3.21. The molecule has 2 aromatic heterocycles. The first-order valence-corrected chi connectivity index (χ1v) is 8.63. The van der Waals surface area contributed by atoms with Gasteiger partial charge in [-0.25, -0.2) is 15.0 Å². The van der Waals surface area contributed by atoms with Crippen LogP contribution in [-0.4, -0.2) is 48.5 Å². The Morgan fingerprint density at radius 2 is 2.00 bits per heavy atom. The van der Waals surface area contributed by atoms with Gasteiger partial charge in [-0.3, -0.25) is 4.57 Å². The molecule has 1 saturated heterocycles. The van der Waals surface area contributed by atoms with E-state index in [9.17, 15) is 10.2 Å². The van der Waals surface area contributed by atoms with Gasteiger partial charge in [-0.15, -0.1) is 0 Å². The Balaban J connectivity index is 1.71. The molecule has 1 fully saturated rings. The third-order valence-corrected chi connectivity index (χ3v) is 4.73. The van der Waals surface area contributed by atoms with E-state index >= 15 is 0 Å². The van der Waals surface area contributed by atoms with Crippen molar-refractivity contribution in [2.45, 2.75) is 37.7 Å². The number of aryl methyl sites for hydroxylation is 2. The Kier molecular flexibility index (Phi) is 4.54. The van der Waals surface area contributed by atoms with Crippen LogP contribution in [0.4, 0.5) is 5.82 Å². The molecule has 26 heavy (non-hydrogen) atoms. The minimum atomic E-state index is -0.733. The van der Waals surface area contributed by atoms with Crippen LogP contribution in [-0.2, 0) is 17.6 Å². The first-order chi connectivity index (χ1) is 12.7. The van der Waals surface area contributed by atoms with Crippen molar-refractivity contribution < 1.29 is 14.9 Å². The Labute approximate surface area is 150 Å². The minimum Gasteiger partial charge on any atom is -0.394 e. The standard InChI is InChI=1S/C18H21N5O3/c19-17-16-18(21-10-20-17)23(15-8-12(25)13(9-24)26-15)14(22-16)7-6-11-4-2-1-3-5-11/h1-5,10,12-13,15,24-25H,6-9H2,(H2,19,20,21)/t12-,13+,15+/m0/s1. The summed E-state index contributed by atoms with van der Waals surface area (Å²) in [5.74, 6) is 1.08. The molecule has 136 valence electrons. The molecule has 4 rings (SSSR count). The van der Waals surface area contributed by atoms with Crippen LogP contribution in [0.2, 0.25) is 0 Å². The van der Waals surface area contributed by atoms with E-state index in [0.717, 1.165) is 12.2 Å². The number of hydrogen-bond donors (Lipinski definition) is 3. The number of aliphatic hydroxyl groups excluding tert-OH is 2. The Morgan fingerprint density at radius 3 is 2.73 bits per heavy atom. The van der Waals surface area contributed by atoms with Gasteiger partial charge in [0.1, 0.15) is 24.5 Å². The predicted octanol–water partition coefficient (Wildman–Crippen LogP) is 0.834. The van der Waals surface area contributed by atoms with Gasteiger partial charge in [0.05, 0.1) is 12.7 Å². The largest absolute Gasteiger partial charge is 0.394 e. The lowest BCUT2D eigenvalue weighted by Crippen LogP contribution is -2.24. The van der Waals surface area contributed by atoms with Crippen LogP contribution in [0, 0.1) is 0 Å². The van der Waals surface area contributed by atoms with Gasteiger partial charge in [0.25, 0.3) is 0 Å². The van der Waals surface area contributed by atoms with E-state index in [1.807, 2.05) is 22.8 Å². The van der Waals surface area contributed by atoms with Crippen molar-refractivity contribution in [1.82, 2.24) is 19.5 Å². The summed E-state index contributed by atoms with van der Waals surface area (Å²) >= 11 is 0. The zero-order chi connectivity index (χ0) is 18.1. The van der Waals surface area contributed by atoms with Gasteiger partial charge < -0.3 is 20.7 Å². The Hall–Kier alpha value is -2.55. The summed E-state index contributed by atoms with van der Waals surface area (Å²) in [6, 6.07) is 10.1. The van der Waals surface area contributed by atoms with Crippen molar-refractivity contribution in [3.05, 3.63) is 48.0 Å². The molecule has 8 nitrogen and oxygen atoms in total. The fraction of sp³-hybridized carbons (Fsp3) is 0.389. The molecular formula is C18H21N5O3. The molecule has 1 aliphatic rings. The second-order valence-corrected chi connectivity index (χ2v) is 6.43. The second kappa shape index (κ2) is 6.99. The number of nitrogens with two attached hydrogens (primary N) is 1. The fourth-order valence-corrected chi connectivity index (χ4v) is 3.39. The van der Waals surface area contributed by atoms with Gasteiger partial charge in [0.2, 0.25) is 0 Å². The molecule has 4 N–H and O–H groups in total. The van der Waals surface area contributed by atoms with E-state index < -0.39 is 18.4 Å². The number of aliphatic hydroxyl groups is 2. The summed E-state index contributed by atoms with van der Waals surface area (Å²) < 4.78 is 7.70. The highest BCUT2D eigenvalue weighted by molar-refractivity contribution is 5.81. The monoisotopic (exact) mass is 355 g/mol. The van der Waals surface area contributed by atoms with Crippen molar-refractivity contribution in [3.63, 3.8) is 0 Å². The number of aromatic nitrogens is 4. The zero-order valence-corrected chi connectivity index (χ0v) is 14.2. The van der Waals surface area contributed by atoms with E-state index in [1.165, 1.54) is 11.9 Å².